The number of carbonyl (C=O) groups excluding carboxylic acids is 1. The first kappa shape index (κ1) is 17.1. The van der Waals surface area contributed by atoms with Crippen LogP contribution in [0.5, 0.6) is 5.75 Å². The first-order valence-electron chi connectivity index (χ1n) is 7.65. The van der Waals surface area contributed by atoms with Crippen LogP contribution in [0.15, 0.2) is 52.2 Å². The van der Waals surface area contributed by atoms with Crippen molar-refractivity contribution in [2.45, 2.75) is 12.1 Å². The van der Waals surface area contributed by atoms with Crippen LogP contribution < -0.4 is 4.74 Å². The van der Waals surface area contributed by atoms with Gasteiger partial charge < -0.3 is 13.9 Å². The fourth-order valence-electron chi connectivity index (χ4n) is 2.25. The molecule has 0 radical (unpaired) electrons. The predicted octanol–water partition coefficient (Wildman–Crippen LogP) is 3.19. The number of carbonyl (C=O) groups is 1. The molecule has 0 bridgehead atoms. The number of methoxy groups -OCH3 is 1. The number of hydrogen-bond acceptors (Lipinski definition) is 7. The minimum atomic E-state index is -0.336. The van der Waals surface area contributed by atoms with Gasteiger partial charge in [-0.15, -0.1) is 10.2 Å². The van der Waals surface area contributed by atoms with E-state index in [1.807, 2.05) is 35.8 Å². The van der Waals surface area contributed by atoms with Gasteiger partial charge in [-0.25, -0.2) is 0 Å². The van der Waals surface area contributed by atoms with Gasteiger partial charge in [-0.3, -0.25) is 9.36 Å². The second-order valence-corrected chi connectivity index (χ2v) is 5.83. The molecule has 0 unspecified atom stereocenters. The lowest BCUT2D eigenvalue weighted by Gasteiger charge is -2.13. The van der Waals surface area contributed by atoms with Gasteiger partial charge in [0.15, 0.2) is 10.9 Å². The fourth-order valence-corrected chi connectivity index (χ4v) is 3.03. The summed E-state index contributed by atoms with van der Waals surface area (Å²) in [5.74, 6) is 1.59. The number of esters is 1. The molecule has 8 heteroatoms. The molecule has 3 rings (SSSR count). The van der Waals surface area contributed by atoms with Crippen molar-refractivity contribution in [3.05, 3.63) is 42.7 Å². The molecular formula is C17H17N3O4S. The Hall–Kier alpha value is -2.74. The monoisotopic (exact) mass is 359 g/mol. The van der Waals surface area contributed by atoms with Gasteiger partial charge >= 0.3 is 5.97 Å². The smallest absolute Gasteiger partial charge is 0.316 e. The van der Waals surface area contributed by atoms with Crippen molar-refractivity contribution in [1.29, 1.82) is 0 Å². The number of rotatable bonds is 7. The minimum Gasteiger partial charge on any atom is -0.492 e. The first-order chi connectivity index (χ1) is 12.2. The van der Waals surface area contributed by atoms with E-state index in [-0.39, 0.29) is 11.7 Å². The molecule has 0 N–H and O–H groups in total. The number of hydrogen-bond donors (Lipinski definition) is 0. The Balaban J connectivity index is 2.08. The van der Waals surface area contributed by atoms with Crippen molar-refractivity contribution in [3.63, 3.8) is 0 Å². The van der Waals surface area contributed by atoms with Crippen LogP contribution in [-0.4, -0.2) is 40.2 Å². The second-order valence-electron chi connectivity index (χ2n) is 4.88. The number of furan rings is 1. The topological polar surface area (TPSA) is 79.4 Å². The average molecular weight is 359 g/mol. The van der Waals surface area contributed by atoms with Crippen LogP contribution >= 0.6 is 11.8 Å². The summed E-state index contributed by atoms with van der Waals surface area (Å²) in [7, 11) is 1.35. The van der Waals surface area contributed by atoms with E-state index < -0.39 is 0 Å². The van der Waals surface area contributed by atoms with Gasteiger partial charge in [-0.05, 0) is 31.2 Å². The first-order valence-corrected chi connectivity index (χ1v) is 8.64. The summed E-state index contributed by atoms with van der Waals surface area (Å²) in [5, 5.41) is 8.98. The summed E-state index contributed by atoms with van der Waals surface area (Å²) < 4.78 is 17.7. The van der Waals surface area contributed by atoms with Crippen molar-refractivity contribution in [2.75, 3.05) is 19.5 Å². The zero-order valence-corrected chi connectivity index (χ0v) is 14.7. The normalized spacial score (nSPS) is 10.6. The van der Waals surface area contributed by atoms with Gasteiger partial charge in [0.2, 0.25) is 5.82 Å². The molecule has 0 saturated carbocycles. The van der Waals surface area contributed by atoms with Gasteiger partial charge in [0.05, 0.1) is 31.4 Å². The summed E-state index contributed by atoms with van der Waals surface area (Å²) >= 11 is 1.24. The molecule has 0 aliphatic heterocycles. The molecule has 0 atom stereocenters. The van der Waals surface area contributed by atoms with E-state index in [0.717, 1.165) is 5.69 Å². The molecule has 2 aromatic heterocycles. The number of thioether (sulfide) groups is 1. The molecule has 0 amide bonds. The maximum Gasteiger partial charge on any atom is 0.316 e. The Morgan fingerprint density at radius 1 is 1.24 bits per heavy atom. The van der Waals surface area contributed by atoms with E-state index in [9.17, 15) is 4.79 Å². The lowest BCUT2D eigenvalue weighted by atomic mass is 10.3. The third-order valence-corrected chi connectivity index (χ3v) is 4.23. The van der Waals surface area contributed by atoms with E-state index in [0.29, 0.717) is 29.1 Å². The molecule has 0 fully saturated rings. The van der Waals surface area contributed by atoms with Gasteiger partial charge in [-0.2, -0.15) is 0 Å². The van der Waals surface area contributed by atoms with Gasteiger partial charge in [0.25, 0.3) is 0 Å². The standard InChI is InChI=1S/C17H17N3O4S/c1-3-23-13-8-5-4-7-12(13)20-16(14-9-6-10-24-14)18-19-17(20)25-11-15(21)22-2/h4-10H,3,11H2,1-2H3. The highest BCUT2D eigenvalue weighted by atomic mass is 32.2. The highest BCUT2D eigenvalue weighted by molar-refractivity contribution is 7.99. The molecule has 0 spiro atoms. The minimum absolute atomic E-state index is 0.129. The van der Waals surface area contributed by atoms with E-state index in [4.69, 9.17) is 13.9 Å². The number of benzene rings is 1. The van der Waals surface area contributed by atoms with Crippen LogP contribution in [0.4, 0.5) is 0 Å². The maximum absolute atomic E-state index is 11.5. The number of para-hydroxylation sites is 2. The summed E-state index contributed by atoms with van der Waals surface area (Å²) in [6.45, 7) is 2.45. The SMILES string of the molecule is CCOc1ccccc1-n1c(SCC(=O)OC)nnc1-c1ccco1. The van der Waals surface area contributed by atoms with E-state index in [1.54, 1.807) is 18.4 Å². The molecule has 25 heavy (non-hydrogen) atoms. The highest BCUT2D eigenvalue weighted by Gasteiger charge is 2.21. The number of aromatic nitrogens is 3. The van der Waals surface area contributed by atoms with Crippen LogP contribution in [-0.2, 0) is 9.53 Å². The zero-order chi connectivity index (χ0) is 17.6. The van der Waals surface area contributed by atoms with Crippen LogP contribution in [0, 0.1) is 0 Å². The van der Waals surface area contributed by atoms with Crippen LogP contribution in [0.1, 0.15) is 6.92 Å². The zero-order valence-electron chi connectivity index (χ0n) is 13.8. The lowest BCUT2D eigenvalue weighted by Crippen LogP contribution is -2.06. The third kappa shape index (κ3) is 3.69. The van der Waals surface area contributed by atoms with Crippen molar-refractivity contribution in [2.24, 2.45) is 0 Å². The van der Waals surface area contributed by atoms with Crippen LogP contribution in [0.2, 0.25) is 0 Å². The summed E-state index contributed by atoms with van der Waals surface area (Å²) in [6.07, 6.45) is 1.57. The average Bonchev–Trinajstić information content (AvgIpc) is 3.29. The third-order valence-electron chi connectivity index (χ3n) is 3.33. The van der Waals surface area contributed by atoms with E-state index in [1.165, 1.54) is 18.9 Å². The van der Waals surface area contributed by atoms with E-state index >= 15 is 0 Å². The number of nitrogens with zero attached hydrogens (tertiary/aromatic N) is 3. The molecule has 3 aromatic rings. The molecule has 0 aliphatic carbocycles. The molecule has 7 nitrogen and oxygen atoms in total. The number of ether oxygens (including phenoxy) is 2. The second kappa shape index (κ2) is 7.89. The van der Waals surface area contributed by atoms with Crippen molar-refractivity contribution in [1.82, 2.24) is 14.8 Å². The van der Waals surface area contributed by atoms with Crippen molar-refractivity contribution >= 4 is 17.7 Å². The Labute approximate surface area is 149 Å². The molecule has 2 heterocycles. The predicted molar refractivity (Wildman–Crippen MR) is 93.0 cm³/mol. The van der Waals surface area contributed by atoms with Crippen molar-refractivity contribution in [3.8, 4) is 23.0 Å². The Morgan fingerprint density at radius 3 is 2.80 bits per heavy atom. The summed E-state index contributed by atoms with van der Waals surface area (Å²) in [6, 6.07) is 11.2. The molecule has 1 aromatic carbocycles. The molecule has 0 saturated heterocycles. The van der Waals surface area contributed by atoms with Crippen LogP contribution in [0.3, 0.4) is 0 Å². The Kier molecular flexibility index (Phi) is 5.39. The van der Waals surface area contributed by atoms with Gasteiger partial charge in [0, 0.05) is 0 Å². The quantitative estimate of drug-likeness (QED) is 0.473. The largest absolute Gasteiger partial charge is 0.492 e. The van der Waals surface area contributed by atoms with Gasteiger partial charge in [0.1, 0.15) is 5.75 Å². The van der Waals surface area contributed by atoms with Crippen molar-refractivity contribution < 1.29 is 18.7 Å². The Bertz CT molecular complexity index is 845. The molecule has 130 valence electrons. The fraction of sp³-hybridized carbons (Fsp3) is 0.235. The Morgan fingerprint density at radius 2 is 2.08 bits per heavy atom. The van der Waals surface area contributed by atoms with Crippen LogP contribution in [0.25, 0.3) is 17.3 Å². The summed E-state index contributed by atoms with van der Waals surface area (Å²) in [4.78, 5) is 11.5. The van der Waals surface area contributed by atoms with Gasteiger partial charge in [-0.1, -0.05) is 23.9 Å². The van der Waals surface area contributed by atoms with E-state index in [2.05, 4.69) is 10.2 Å². The highest BCUT2D eigenvalue weighted by Crippen LogP contribution is 2.32. The molecular weight excluding hydrogens is 342 g/mol. The molecule has 0 aliphatic rings. The summed E-state index contributed by atoms with van der Waals surface area (Å²) in [5.41, 5.74) is 0.771. The lowest BCUT2D eigenvalue weighted by molar-refractivity contribution is -0.137. The maximum atomic E-state index is 11.5.